The van der Waals surface area contributed by atoms with Crippen LogP contribution in [0.15, 0.2) is 30.7 Å². The monoisotopic (exact) mass is 499 g/mol. The number of amides is 2. The van der Waals surface area contributed by atoms with E-state index in [-0.39, 0.29) is 17.7 Å². The predicted octanol–water partition coefficient (Wildman–Crippen LogP) is 1.60. The zero-order valence-corrected chi connectivity index (χ0v) is 20.4. The van der Waals surface area contributed by atoms with E-state index in [1.807, 2.05) is 18.9 Å². The van der Waals surface area contributed by atoms with E-state index in [0.29, 0.717) is 38.3 Å². The average molecular weight is 500 g/mol. The van der Waals surface area contributed by atoms with Crippen molar-refractivity contribution < 1.29 is 26.8 Å². The molecule has 0 aliphatic rings. The topological polar surface area (TPSA) is 113 Å². The van der Waals surface area contributed by atoms with E-state index in [1.165, 1.54) is 6.26 Å². The fourth-order valence-electron chi connectivity index (χ4n) is 3.18. The molecular formula is C22H31F2N5O4S. The van der Waals surface area contributed by atoms with E-state index in [9.17, 15) is 26.8 Å². The third-order valence-electron chi connectivity index (χ3n) is 4.98. The molecule has 0 bridgehead atoms. The molecule has 2 rings (SSSR count). The predicted molar refractivity (Wildman–Crippen MR) is 125 cm³/mol. The highest BCUT2D eigenvalue weighted by Gasteiger charge is 2.21. The number of carbonyl (C=O) groups is 2. The van der Waals surface area contributed by atoms with Crippen LogP contribution < -0.4 is 10.6 Å². The van der Waals surface area contributed by atoms with Crippen LogP contribution in [0.5, 0.6) is 0 Å². The van der Waals surface area contributed by atoms with Gasteiger partial charge >= 0.3 is 0 Å². The van der Waals surface area contributed by atoms with Crippen molar-refractivity contribution in [1.82, 2.24) is 19.8 Å². The molecule has 0 aliphatic heterocycles. The van der Waals surface area contributed by atoms with Crippen molar-refractivity contribution in [3.63, 3.8) is 0 Å². The second kappa shape index (κ2) is 12.6. The summed E-state index contributed by atoms with van der Waals surface area (Å²) < 4.78 is 51.0. The maximum Gasteiger partial charge on any atom is 0.248 e. The van der Waals surface area contributed by atoms with E-state index in [2.05, 4.69) is 15.6 Å². The summed E-state index contributed by atoms with van der Waals surface area (Å²) in [5.41, 5.74) is 0.172. The van der Waals surface area contributed by atoms with Gasteiger partial charge in [-0.05, 0) is 31.2 Å². The first-order chi connectivity index (χ1) is 15.9. The molecule has 188 valence electrons. The maximum absolute atomic E-state index is 13.3. The summed E-state index contributed by atoms with van der Waals surface area (Å²) >= 11 is 0. The molecule has 0 saturated heterocycles. The summed E-state index contributed by atoms with van der Waals surface area (Å²) in [5, 5.41) is 5.28. The van der Waals surface area contributed by atoms with E-state index in [1.54, 1.807) is 17.1 Å². The third-order valence-corrected chi connectivity index (χ3v) is 5.91. The molecule has 2 amide bonds. The van der Waals surface area contributed by atoms with Crippen LogP contribution in [0.25, 0.3) is 0 Å². The van der Waals surface area contributed by atoms with Gasteiger partial charge in [0.1, 0.15) is 27.5 Å². The van der Waals surface area contributed by atoms with Crippen LogP contribution in [-0.2, 0) is 32.4 Å². The van der Waals surface area contributed by atoms with E-state index in [0.717, 1.165) is 18.2 Å². The molecular weight excluding hydrogens is 468 g/mol. The van der Waals surface area contributed by atoms with Gasteiger partial charge < -0.3 is 20.1 Å². The number of aromatic nitrogens is 2. The first-order valence-electron chi connectivity index (χ1n) is 10.9. The highest BCUT2D eigenvalue weighted by Crippen LogP contribution is 2.10. The zero-order valence-electron chi connectivity index (χ0n) is 19.6. The van der Waals surface area contributed by atoms with Gasteiger partial charge in [0, 0.05) is 38.2 Å². The normalized spacial score (nSPS) is 12.5. The Morgan fingerprint density at radius 3 is 2.47 bits per heavy atom. The van der Waals surface area contributed by atoms with Crippen LogP contribution in [0.4, 0.5) is 14.6 Å². The Morgan fingerprint density at radius 1 is 1.18 bits per heavy atom. The van der Waals surface area contributed by atoms with Gasteiger partial charge in [-0.1, -0.05) is 13.3 Å². The Bertz CT molecular complexity index is 1070. The fourth-order valence-corrected chi connectivity index (χ4v) is 3.82. The quantitative estimate of drug-likeness (QED) is 0.433. The lowest BCUT2D eigenvalue weighted by molar-refractivity contribution is -0.126. The minimum Gasteiger partial charge on any atom is -0.344 e. The summed E-state index contributed by atoms with van der Waals surface area (Å²) in [6.45, 7) is 3.41. The lowest BCUT2D eigenvalue weighted by Crippen LogP contribution is -2.44. The van der Waals surface area contributed by atoms with Gasteiger partial charge in [0.25, 0.3) is 0 Å². The van der Waals surface area contributed by atoms with Gasteiger partial charge in [0.05, 0.1) is 18.5 Å². The number of nitrogens with one attached hydrogen (secondary N) is 2. The molecule has 1 aromatic carbocycles. The van der Waals surface area contributed by atoms with Gasteiger partial charge in [-0.25, -0.2) is 22.2 Å². The smallest absolute Gasteiger partial charge is 0.248 e. The minimum absolute atomic E-state index is 0.0768. The molecule has 2 aromatic rings. The van der Waals surface area contributed by atoms with Gasteiger partial charge in [0.15, 0.2) is 5.82 Å². The van der Waals surface area contributed by atoms with Crippen molar-refractivity contribution in [1.29, 1.82) is 0 Å². The minimum atomic E-state index is -3.03. The van der Waals surface area contributed by atoms with Crippen LogP contribution in [-0.4, -0.2) is 72.9 Å². The Morgan fingerprint density at radius 2 is 1.85 bits per heavy atom. The van der Waals surface area contributed by atoms with E-state index in [4.69, 9.17) is 0 Å². The van der Waals surface area contributed by atoms with Crippen molar-refractivity contribution in [2.24, 2.45) is 0 Å². The van der Waals surface area contributed by atoms with Crippen molar-refractivity contribution in [2.75, 3.05) is 37.5 Å². The number of carbonyl (C=O) groups excluding carboxylic acids is 2. The van der Waals surface area contributed by atoms with Crippen molar-refractivity contribution >= 4 is 27.5 Å². The summed E-state index contributed by atoms with van der Waals surface area (Å²) in [7, 11) is -1.21. The molecule has 0 aliphatic carbocycles. The van der Waals surface area contributed by atoms with Gasteiger partial charge in [-0.3, -0.25) is 9.59 Å². The van der Waals surface area contributed by atoms with Crippen LogP contribution in [0, 0.1) is 11.6 Å². The number of hydrogen-bond acceptors (Lipinski definition) is 6. The summed E-state index contributed by atoms with van der Waals surface area (Å²) in [4.78, 5) is 31.1. The van der Waals surface area contributed by atoms with Crippen molar-refractivity contribution in [3.05, 3.63) is 47.9 Å². The SMILES string of the molecule is CCC[C@H](NC(=O)Cc1cc(F)cc(F)c1)C(=O)Nc1cn(CCN(C)CCS(C)(=O)=O)cn1. The second-order valence-corrected chi connectivity index (χ2v) is 10.5. The molecule has 0 radical (unpaired) electrons. The van der Waals surface area contributed by atoms with Crippen molar-refractivity contribution in [3.8, 4) is 0 Å². The fraction of sp³-hybridized carbons (Fsp3) is 0.500. The largest absolute Gasteiger partial charge is 0.344 e. The van der Waals surface area contributed by atoms with Crippen LogP contribution >= 0.6 is 0 Å². The molecule has 9 nitrogen and oxygen atoms in total. The van der Waals surface area contributed by atoms with Crippen molar-refractivity contribution in [2.45, 2.75) is 38.8 Å². The standard InChI is InChI=1S/C22H31F2N5O4S/c1-4-5-19(26-21(30)12-16-10-17(23)13-18(24)11-16)22(31)27-20-14-29(15-25-20)7-6-28(2)8-9-34(3,32)33/h10-11,13-15,19H,4-9,12H2,1-3H3,(H,26,30)(H,27,31)/t19-/m0/s1. The van der Waals surface area contributed by atoms with E-state index < -0.39 is 39.3 Å². The van der Waals surface area contributed by atoms with Gasteiger partial charge in [-0.2, -0.15) is 0 Å². The number of halogens is 2. The highest BCUT2D eigenvalue weighted by molar-refractivity contribution is 7.90. The van der Waals surface area contributed by atoms with E-state index >= 15 is 0 Å². The van der Waals surface area contributed by atoms with Crippen LogP contribution in [0.2, 0.25) is 0 Å². The lowest BCUT2D eigenvalue weighted by atomic mass is 10.1. The zero-order chi connectivity index (χ0) is 25.3. The number of anilines is 1. The number of rotatable bonds is 13. The Hall–Kier alpha value is -2.86. The summed E-state index contributed by atoms with van der Waals surface area (Å²) in [6.07, 6.45) is 5.13. The van der Waals surface area contributed by atoms with Crippen LogP contribution in [0.3, 0.4) is 0 Å². The molecule has 1 atom stereocenters. The first kappa shape index (κ1) is 27.4. The average Bonchev–Trinajstić information content (AvgIpc) is 3.16. The summed E-state index contributed by atoms with van der Waals surface area (Å²) in [5.74, 6) is -2.14. The first-order valence-corrected chi connectivity index (χ1v) is 12.9. The highest BCUT2D eigenvalue weighted by atomic mass is 32.2. The molecule has 0 unspecified atom stereocenters. The molecule has 0 fully saturated rings. The second-order valence-electron chi connectivity index (χ2n) is 8.28. The number of imidazole rings is 1. The number of benzene rings is 1. The molecule has 1 aromatic heterocycles. The third kappa shape index (κ3) is 9.96. The molecule has 12 heteroatoms. The summed E-state index contributed by atoms with van der Waals surface area (Å²) in [6, 6.07) is 2.04. The van der Waals surface area contributed by atoms with Gasteiger partial charge in [0.2, 0.25) is 11.8 Å². The number of hydrogen-bond donors (Lipinski definition) is 2. The Balaban J connectivity index is 1.89. The van der Waals surface area contributed by atoms with Gasteiger partial charge in [-0.15, -0.1) is 0 Å². The molecule has 1 heterocycles. The molecule has 0 spiro atoms. The Kier molecular flexibility index (Phi) is 10.1. The molecule has 34 heavy (non-hydrogen) atoms. The number of likely N-dealkylation sites (N-methyl/N-ethyl adjacent to an activating group) is 1. The Labute approximate surface area is 198 Å². The number of sulfone groups is 1. The molecule has 2 N–H and O–H groups in total. The van der Waals surface area contributed by atoms with Crippen LogP contribution in [0.1, 0.15) is 25.3 Å². The maximum atomic E-state index is 13.3. The number of nitrogens with zero attached hydrogens (tertiary/aromatic N) is 3. The molecule has 0 saturated carbocycles. The lowest BCUT2D eigenvalue weighted by Gasteiger charge is -2.17.